The molecule has 0 aliphatic carbocycles. The summed E-state index contributed by atoms with van der Waals surface area (Å²) in [6, 6.07) is 5.95. The molecule has 0 atom stereocenters. The maximum absolute atomic E-state index is 11.8. The van der Waals surface area contributed by atoms with E-state index >= 15 is 0 Å². The summed E-state index contributed by atoms with van der Waals surface area (Å²) in [6.45, 7) is 2.57. The fraction of sp³-hybridized carbons (Fsp3) is 0.565. The largest absolute Gasteiger partial charge is 0.465 e. The number of unbranched alkanes of at least 4 members (excludes halogenated alkanes) is 9. The molecule has 0 amide bonds. The second-order valence-corrected chi connectivity index (χ2v) is 7.23. The number of nitro benzene ring substituents is 1. The van der Waals surface area contributed by atoms with Gasteiger partial charge in [-0.15, -0.1) is 0 Å². The molecule has 0 bridgehead atoms. The number of nitro groups is 1. The number of rotatable bonds is 16. The molecule has 0 aromatic heterocycles. The minimum atomic E-state index is -0.533. The van der Waals surface area contributed by atoms with Crippen molar-refractivity contribution in [2.45, 2.75) is 77.6 Å². The third-order valence-electron chi connectivity index (χ3n) is 4.62. The first-order chi connectivity index (χ1) is 14.0. The number of benzene rings is 1. The van der Waals surface area contributed by atoms with Gasteiger partial charge in [0.15, 0.2) is 5.78 Å². The molecule has 0 saturated heterocycles. The number of carbonyl (C=O) groups excluding carboxylic acids is 2. The Morgan fingerprint density at radius 1 is 1.00 bits per heavy atom. The Labute approximate surface area is 173 Å². The molecule has 0 radical (unpaired) electrons. The van der Waals surface area contributed by atoms with Crippen molar-refractivity contribution in [1.82, 2.24) is 0 Å². The van der Waals surface area contributed by atoms with Crippen molar-refractivity contribution in [3.63, 3.8) is 0 Å². The highest BCUT2D eigenvalue weighted by Crippen LogP contribution is 2.14. The lowest BCUT2D eigenvalue weighted by Crippen LogP contribution is -2.10. The monoisotopic (exact) mass is 403 g/mol. The van der Waals surface area contributed by atoms with Crippen LogP contribution in [-0.2, 0) is 14.3 Å². The van der Waals surface area contributed by atoms with Crippen molar-refractivity contribution < 1.29 is 19.2 Å². The van der Waals surface area contributed by atoms with Crippen LogP contribution in [0.25, 0.3) is 6.08 Å². The first-order valence-corrected chi connectivity index (χ1v) is 10.6. The average molecular weight is 404 g/mol. The lowest BCUT2D eigenvalue weighted by atomic mass is 10.1. The number of ether oxygens (including phenoxy) is 1. The van der Waals surface area contributed by atoms with Gasteiger partial charge < -0.3 is 4.74 Å². The maximum Gasteiger partial charge on any atom is 0.313 e. The van der Waals surface area contributed by atoms with Crippen molar-refractivity contribution >= 4 is 23.5 Å². The van der Waals surface area contributed by atoms with Crippen LogP contribution in [0.4, 0.5) is 5.69 Å². The number of nitrogens with zero attached hydrogens (tertiary/aromatic N) is 1. The van der Waals surface area contributed by atoms with E-state index in [1.54, 1.807) is 12.1 Å². The number of hydrogen-bond donors (Lipinski definition) is 0. The third kappa shape index (κ3) is 12.5. The third-order valence-corrected chi connectivity index (χ3v) is 4.62. The van der Waals surface area contributed by atoms with Crippen molar-refractivity contribution in [2.75, 3.05) is 6.61 Å². The minimum absolute atomic E-state index is 0.0458. The maximum atomic E-state index is 11.8. The summed E-state index contributed by atoms with van der Waals surface area (Å²) in [4.78, 5) is 33.8. The molecular weight excluding hydrogens is 370 g/mol. The van der Waals surface area contributed by atoms with Gasteiger partial charge in [0, 0.05) is 12.1 Å². The fourth-order valence-corrected chi connectivity index (χ4v) is 2.96. The highest BCUT2D eigenvalue weighted by atomic mass is 16.6. The van der Waals surface area contributed by atoms with Gasteiger partial charge in [-0.25, -0.2) is 0 Å². The Morgan fingerprint density at radius 2 is 1.62 bits per heavy atom. The summed E-state index contributed by atoms with van der Waals surface area (Å²) >= 11 is 0. The predicted molar refractivity (Wildman–Crippen MR) is 115 cm³/mol. The van der Waals surface area contributed by atoms with Gasteiger partial charge in [-0.2, -0.15) is 0 Å². The summed E-state index contributed by atoms with van der Waals surface area (Å²) < 4.78 is 5.10. The molecule has 0 unspecified atom stereocenters. The van der Waals surface area contributed by atoms with Crippen molar-refractivity contribution in [1.29, 1.82) is 0 Å². The van der Waals surface area contributed by atoms with Crippen LogP contribution in [0, 0.1) is 10.1 Å². The molecule has 0 heterocycles. The number of ketones is 1. The van der Waals surface area contributed by atoms with E-state index in [1.807, 2.05) is 0 Å². The molecule has 0 N–H and O–H groups in total. The molecule has 6 nitrogen and oxygen atoms in total. The standard InChI is InChI=1S/C23H33NO5/c1-2-3-4-5-6-7-8-9-10-11-17-29-23(26)19-22(25)16-15-20-13-12-14-21(18-20)24(27)28/h12-16,18H,2-11,17,19H2,1H3. The molecular formula is C23H33NO5. The van der Waals surface area contributed by atoms with Gasteiger partial charge in [0.1, 0.15) is 6.42 Å². The number of esters is 1. The highest BCUT2D eigenvalue weighted by molar-refractivity contribution is 6.03. The fourth-order valence-electron chi connectivity index (χ4n) is 2.96. The van der Waals surface area contributed by atoms with Crippen LogP contribution in [-0.4, -0.2) is 23.3 Å². The van der Waals surface area contributed by atoms with E-state index in [0.29, 0.717) is 12.2 Å². The first kappa shape index (κ1) is 24.5. The summed E-state index contributed by atoms with van der Waals surface area (Å²) in [5.74, 6) is -0.917. The molecule has 6 heteroatoms. The van der Waals surface area contributed by atoms with Gasteiger partial charge >= 0.3 is 5.97 Å². The summed E-state index contributed by atoms with van der Waals surface area (Å²) in [7, 11) is 0. The molecule has 0 saturated carbocycles. The SMILES string of the molecule is CCCCCCCCCCCCOC(=O)CC(=O)C=Cc1cccc([N+](=O)[O-])c1. The van der Waals surface area contributed by atoms with Crippen molar-refractivity contribution in [2.24, 2.45) is 0 Å². The molecule has 1 aromatic carbocycles. The number of carbonyl (C=O) groups is 2. The van der Waals surface area contributed by atoms with E-state index in [9.17, 15) is 19.7 Å². The minimum Gasteiger partial charge on any atom is -0.465 e. The molecule has 1 rings (SSSR count). The van der Waals surface area contributed by atoms with Crippen molar-refractivity contribution in [3.8, 4) is 0 Å². The van der Waals surface area contributed by atoms with Crippen LogP contribution in [0.15, 0.2) is 30.3 Å². The predicted octanol–water partition coefficient (Wildman–Crippen LogP) is 6.03. The van der Waals surface area contributed by atoms with E-state index in [0.717, 1.165) is 19.3 Å². The van der Waals surface area contributed by atoms with Crippen LogP contribution in [0.2, 0.25) is 0 Å². The van der Waals surface area contributed by atoms with E-state index in [4.69, 9.17) is 4.74 Å². The molecule has 0 aliphatic heterocycles. The molecule has 160 valence electrons. The van der Waals surface area contributed by atoms with Crippen LogP contribution >= 0.6 is 0 Å². The molecule has 1 aromatic rings. The van der Waals surface area contributed by atoms with Gasteiger partial charge in [-0.05, 0) is 18.1 Å². The van der Waals surface area contributed by atoms with Crippen LogP contribution in [0.5, 0.6) is 0 Å². The topological polar surface area (TPSA) is 86.5 Å². The normalized spacial score (nSPS) is 10.9. The Kier molecular flexibility index (Phi) is 13.1. The summed E-state index contributed by atoms with van der Waals surface area (Å²) in [6.07, 6.45) is 14.5. The van der Waals surface area contributed by atoms with E-state index < -0.39 is 10.9 Å². The number of hydrogen-bond acceptors (Lipinski definition) is 5. The van der Waals surface area contributed by atoms with Crippen LogP contribution < -0.4 is 0 Å². The Balaban J connectivity index is 2.10. The smallest absolute Gasteiger partial charge is 0.313 e. The van der Waals surface area contributed by atoms with Gasteiger partial charge in [0.25, 0.3) is 5.69 Å². The summed E-state index contributed by atoms with van der Waals surface area (Å²) in [5, 5.41) is 10.7. The van der Waals surface area contributed by atoms with Gasteiger partial charge in [-0.3, -0.25) is 19.7 Å². The second-order valence-electron chi connectivity index (χ2n) is 7.23. The molecule has 0 fully saturated rings. The first-order valence-electron chi connectivity index (χ1n) is 10.6. The van der Waals surface area contributed by atoms with Crippen LogP contribution in [0.1, 0.15) is 83.1 Å². The summed E-state index contributed by atoms with van der Waals surface area (Å²) in [5.41, 5.74) is 0.488. The second kappa shape index (κ2) is 15.4. The zero-order valence-electron chi connectivity index (χ0n) is 17.4. The quantitative estimate of drug-likeness (QED) is 0.0839. The zero-order chi connectivity index (χ0) is 21.3. The van der Waals surface area contributed by atoms with E-state index in [2.05, 4.69) is 6.92 Å². The van der Waals surface area contributed by atoms with Gasteiger partial charge in [0.2, 0.25) is 0 Å². The highest BCUT2D eigenvalue weighted by Gasteiger charge is 2.09. The van der Waals surface area contributed by atoms with Crippen molar-refractivity contribution in [3.05, 3.63) is 46.0 Å². The molecule has 29 heavy (non-hydrogen) atoms. The Hall–Kier alpha value is -2.50. The Morgan fingerprint density at radius 3 is 2.24 bits per heavy atom. The lowest BCUT2D eigenvalue weighted by Gasteiger charge is -2.04. The van der Waals surface area contributed by atoms with Crippen LogP contribution in [0.3, 0.4) is 0 Å². The zero-order valence-corrected chi connectivity index (χ0v) is 17.4. The average Bonchev–Trinajstić information content (AvgIpc) is 2.70. The van der Waals surface area contributed by atoms with Gasteiger partial charge in [0.05, 0.1) is 11.5 Å². The van der Waals surface area contributed by atoms with E-state index in [1.165, 1.54) is 69.2 Å². The lowest BCUT2D eigenvalue weighted by molar-refractivity contribution is -0.384. The number of allylic oxidation sites excluding steroid dienone is 1. The molecule has 0 spiro atoms. The van der Waals surface area contributed by atoms with E-state index in [-0.39, 0.29) is 17.9 Å². The number of non-ortho nitro benzene ring substituents is 1. The van der Waals surface area contributed by atoms with Gasteiger partial charge in [-0.1, -0.05) is 82.9 Å². The Bertz CT molecular complexity index is 669. The molecule has 0 aliphatic rings.